The molecule has 0 aromatic heterocycles. The van der Waals surface area contributed by atoms with Crippen LogP contribution in [-0.2, 0) is 9.47 Å². The molecule has 0 unspecified atom stereocenters. The summed E-state index contributed by atoms with van der Waals surface area (Å²) in [5.74, 6) is 0.883. The van der Waals surface area contributed by atoms with Crippen LogP contribution >= 0.6 is 0 Å². The number of nitrogens with one attached hydrogen (secondary N) is 1. The maximum Gasteiger partial charge on any atom is 0.195 e. The smallest absolute Gasteiger partial charge is 0.195 e. The maximum atomic E-state index is 5.18. The molecule has 2 heterocycles. The lowest BCUT2D eigenvalue weighted by Gasteiger charge is -2.22. The van der Waals surface area contributed by atoms with Gasteiger partial charge < -0.3 is 14.8 Å². The minimum atomic E-state index is 0.375. The van der Waals surface area contributed by atoms with E-state index in [1.807, 2.05) is 6.08 Å². The van der Waals surface area contributed by atoms with Crippen LogP contribution in [-0.4, -0.2) is 19.9 Å². The predicted octanol–water partition coefficient (Wildman–Crippen LogP) is 0.362. The summed E-state index contributed by atoms with van der Waals surface area (Å²) in [5.41, 5.74) is 1.11. The van der Waals surface area contributed by atoms with Crippen LogP contribution in [0.25, 0.3) is 0 Å². The number of hydrogen-bond donors (Lipinski definition) is 1. The van der Waals surface area contributed by atoms with Gasteiger partial charge in [0.05, 0.1) is 6.61 Å². The Kier molecular flexibility index (Phi) is 1.36. The van der Waals surface area contributed by atoms with Gasteiger partial charge >= 0.3 is 0 Å². The Morgan fingerprint density at radius 1 is 1.50 bits per heavy atom. The van der Waals surface area contributed by atoms with E-state index in [1.54, 1.807) is 0 Å². The molecular weight excluding hydrogens is 130 g/mol. The largest absolute Gasteiger partial charge is 0.452 e. The van der Waals surface area contributed by atoms with Gasteiger partial charge in [-0.05, 0) is 0 Å². The van der Waals surface area contributed by atoms with Crippen LogP contribution in [0.5, 0.6) is 0 Å². The van der Waals surface area contributed by atoms with Gasteiger partial charge in [-0.1, -0.05) is 12.2 Å². The highest BCUT2D eigenvalue weighted by molar-refractivity contribution is 5.26. The lowest BCUT2D eigenvalue weighted by Crippen LogP contribution is -2.26. The average Bonchev–Trinajstić information content (AvgIpc) is 2.05. The Morgan fingerprint density at radius 2 is 2.50 bits per heavy atom. The van der Waals surface area contributed by atoms with Crippen LogP contribution in [0.3, 0.4) is 0 Å². The molecule has 0 radical (unpaired) electrons. The molecule has 0 atom stereocenters. The van der Waals surface area contributed by atoms with Gasteiger partial charge in [0.1, 0.15) is 0 Å². The van der Waals surface area contributed by atoms with E-state index in [4.69, 9.17) is 9.47 Å². The third-order valence-electron chi connectivity index (χ3n) is 1.54. The summed E-state index contributed by atoms with van der Waals surface area (Å²) in [6.07, 6.45) is 4.09. The zero-order valence-corrected chi connectivity index (χ0v) is 5.59. The lowest BCUT2D eigenvalue weighted by atomic mass is 10.2. The fourth-order valence-electron chi connectivity index (χ4n) is 1.05. The molecule has 2 rings (SSSR count). The van der Waals surface area contributed by atoms with Crippen LogP contribution in [0.15, 0.2) is 23.6 Å². The molecule has 1 N–H and O–H groups in total. The standard InChI is InChI=1S/C7H9NO2/c1-2-6-4-9-5-10-7(6)8-3-1/h1-2,8H,3-5H2. The molecule has 54 valence electrons. The highest BCUT2D eigenvalue weighted by Gasteiger charge is 2.13. The third-order valence-corrected chi connectivity index (χ3v) is 1.54. The first-order valence-corrected chi connectivity index (χ1v) is 3.31. The Balaban J connectivity index is 2.23. The van der Waals surface area contributed by atoms with Crippen LogP contribution < -0.4 is 5.32 Å². The van der Waals surface area contributed by atoms with E-state index in [9.17, 15) is 0 Å². The van der Waals surface area contributed by atoms with Crippen LogP contribution in [0.1, 0.15) is 0 Å². The normalized spacial score (nSPS) is 23.2. The molecule has 0 bridgehead atoms. The van der Waals surface area contributed by atoms with Gasteiger partial charge in [0.15, 0.2) is 12.7 Å². The molecule has 0 saturated carbocycles. The van der Waals surface area contributed by atoms with Crippen molar-refractivity contribution in [2.75, 3.05) is 19.9 Å². The van der Waals surface area contributed by atoms with E-state index in [0.29, 0.717) is 13.4 Å². The van der Waals surface area contributed by atoms with Gasteiger partial charge in [-0.25, -0.2) is 0 Å². The van der Waals surface area contributed by atoms with Crippen LogP contribution in [0, 0.1) is 0 Å². The molecule has 0 spiro atoms. The second-order valence-corrected chi connectivity index (χ2v) is 2.25. The number of rotatable bonds is 0. The monoisotopic (exact) mass is 139 g/mol. The highest BCUT2D eigenvalue weighted by atomic mass is 16.7. The van der Waals surface area contributed by atoms with Gasteiger partial charge in [0.25, 0.3) is 0 Å². The molecule has 0 aliphatic carbocycles. The SMILES string of the molecule is C1=CC2=C(NC1)OCOC2. The zero-order chi connectivity index (χ0) is 6.81. The first-order valence-electron chi connectivity index (χ1n) is 3.31. The predicted molar refractivity (Wildman–Crippen MR) is 36.1 cm³/mol. The van der Waals surface area contributed by atoms with E-state index in [1.165, 1.54) is 0 Å². The van der Waals surface area contributed by atoms with Gasteiger partial charge in [0, 0.05) is 12.1 Å². The summed E-state index contributed by atoms with van der Waals surface area (Å²) in [6.45, 7) is 1.90. The lowest BCUT2D eigenvalue weighted by molar-refractivity contribution is -0.0411. The van der Waals surface area contributed by atoms with Crippen molar-refractivity contribution in [3.63, 3.8) is 0 Å². The quantitative estimate of drug-likeness (QED) is 0.525. The molecule has 10 heavy (non-hydrogen) atoms. The number of dihydropyridines is 1. The average molecular weight is 139 g/mol. The molecule has 0 amide bonds. The summed E-state index contributed by atoms with van der Waals surface area (Å²) < 4.78 is 10.2. The maximum absolute atomic E-state index is 5.18. The summed E-state index contributed by atoms with van der Waals surface area (Å²) in [4.78, 5) is 0. The van der Waals surface area contributed by atoms with E-state index < -0.39 is 0 Å². The van der Waals surface area contributed by atoms with E-state index in [-0.39, 0.29) is 0 Å². The van der Waals surface area contributed by atoms with Gasteiger partial charge in [-0.2, -0.15) is 0 Å². The van der Waals surface area contributed by atoms with Gasteiger partial charge in [-0.3, -0.25) is 0 Å². The third kappa shape index (κ3) is 0.885. The fraction of sp³-hybridized carbons (Fsp3) is 0.429. The van der Waals surface area contributed by atoms with Crippen molar-refractivity contribution in [2.45, 2.75) is 0 Å². The van der Waals surface area contributed by atoms with Gasteiger partial charge in [0.2, 0.25) is 0 Å². The number of ether oxygens (including phenoxy) is 2. The Bertz CT molecular complexity index is 196. The molecule has 3 nitrogen and oxygen atoms in total. The summed E-state index contributed by atoms with van der Waals surface area (Å²) >= 11 is 0. The molecule has 2 aliphatic heterocycles. The molecule has 0 saturated heterocycles. The zero-order valence-electron chi connectivity index (χ0n) is 5.59. The molecule has 0 fully saturated rings. The molecule has 0 aromatic rings. The molecule has 3 heteroatoms. The fourth-order valence-corrected chi connectivity index (χ4v) is 1.05. The molecule has 2 aliphatic rings. The Hall–Kier alpha value is -0.960. The van der Waals surface area contributed by atoms with Crippen molar-refractivity contribution in [3.05, 3.63) is 23.6 Å². The molecular formula is C7H9NO2. The van der Waals surface area contributed by atoms with Gasteiger partial charge in [-0.15, -0.1) is 0 Å². The minimum Gasteiger partial charge on any atom is -0.452 e. The van der Waals surface area contributed by atoms with Crippen LogP contribution in [0.2, 0.25) is 0 Å². The van der Waals surface area contributed by atoms with Crippen molar-refractivity contribution in [1.82, 2.24) is 5.32 Å². The second-order valence-electron chi connectivity index (χ2n) is 2.25. The summed E-state index contributed by atoms with van der Waals surface area (Å²) in [7, 11) is 0. The van der Waals surface area contributed by atoms with Crippen molar-refractivity contribution in [2.24, 2.45) is 0 Å². The summed E-state index contributed by atoms with van der Waals surface area (Å²) in [5, 5.41) is 3.11. The van der Waals surface area contributed by atoms with Crippen molar-refractivity contribution >= 4 is 0 Å². The number of hydrogen-bond acceptors (Lipinski definition) is 3. The summed E-state index contributed by atoms with van der Waals surface area (Å²) in [6, 6.07) is 0. The first-order chi connectivity index (χ1) is 4.97. The van der Waals surface area contributed by atoms with E-state index in [2.05, 4.69) is 11.4 Å². The van der Waals surface area contributed by atoms with Crippen molar-refractivity contribution in [1.29, 1.82) is 0 Å². The highest BCUT2D eigenvalue weighted by Crippen LogP contribution is 2.13. The van der Waals surface area contributed by atoms with E-state index >= 15 is 0 Å². The Morgan fingerprint density at radius 3 is 3.40 bits per heavy atom. The minimum absolute atomic E-state index is 0.375. The van der Waals surface area contributed by atoms with Crippen molar-refractivity contribution < 1.29 is 9.47 Å². The molecule has 0 aromatic carbocycles. The van der Waals surface area contributed by atoms with Crippen LogP contribution in [0.4, 0.5) is 0 Å². The Labute approximate surface area is 59.3 Å². The van der Waals surface area contributed by atoms with Crippen molar-refractivity contribution in [3.8, 4) is 0 Å². The second kappa shape index (κ2) is 2.34. The first kappa shape index (κ1) is 5.80. The topological polar surface area (TPSA) is 30.5 Å². The van der Waals surface area contributed by atoms with E-state index in [0.717, 1.165) is 18.0 Å².